The fourth-order valence-electron chi connectivity index (χ4n) is 1.83. The number of hydrazine groups is 1. The normalized spacial score (nSPS) is 30.9. The van der Waals surface area contributed by atoms with Gasteiger partial charge >= 0.3 is 12.0 Å². The number of hydrogen-bond acceptors (Lipinski definition) is 3. The zero-order valence-electron chi connectivity index (χ0n) is 8.75. The highest BCUT2D eigenvalue weighted by Crippen LogP contribution is 2.31. The van der Waals surface area contributed by atoms with Crippen LogP contribution < -0.4 is 16.6 Å². The number of nitrogens with one attached hydrogen (secondary N) is 2. The maximum atomic E-state index is 11.1. The molecular formula is C9H17N3O3. The van der Waals surface area contributed by atoms with Crippen molar-refractivity contribution in [1.29, 1.82) is 0 Å². The van der Waals surface area contributed by atoms with E-state index in [1.165, 1.54) is 0 Å². The molecule has 1 aliphatic carbocycles. The topological polar surface area (TPSA) is 104 Å². The van der Waals surface area contributed by atoms with Gasteiger partial charge in [0.1, 0.15) is 5.54 Å². The van der Waals surface area contributed by atoms with Gasteiger partial charge in [0, 0.05) is 0 Å². The summed E-state index contributed by atoms with van der Waals surface area (Å²) in [6.45, 7) is 2.09. The molecule has 1 saturated carbocycles. The number of carboxylic acid groups (broad SMARTS) is 1. The van der Waals surface area contributed by atoms with Gasteiger partial charge in [-0.1, -0.05) is 6.92 Å². The molecular weight excluding hydrogens is 198 g/mol. The number of aliphatic carboxylic acids is 1. The molecule has 5 N–H and O–H groups in total. The van der Waals surface area contributed by atoms with E-state index >= 15 is 0 Å². The SMILES string of the molecule is CC1CCC(NNC(N)=O)(C(=O)O)CC1. The first kappa shape index (κ1) is 11.8. The first-order chi connectivity index (χ1) is 6.96. The number of nitrogens with two attached hydrogens (primary N) is 1. The second kappa shape index (κ2) is 4.48. The van der Waals surface area contributed by atoms with Crippen LogP contribution in [0.25, 0.3) is 0 Å². The first-order valence-electron chi connectivity index (χ1n) is 5.02. The van der Waals surface area contributed by atoms with Crippen molar-refractivity contribution < 1.29 is 14.7 Å². The monoisotopic (exact) mass is 215 g/mol. The summed E-state index contributed by atoms with van der Waals surface area (Å²) < 4.78 is 0. The van der Waals surface area contributed by atoms with Crippen molar-refractivity contribution in [3.63, 3.8) is 0 Å². The molecule has 0 saturated heterocycles. The van der Waals surface area contributed by atoms with Gasteiger partial charge in [-0.3, -0.25) is 10.2 Å². The number of carboxylic acids is 1. The molecule has 0 aliphatic heterocycles. The Labute approximate surface area is 88.2 Å². The average Bonchev–Trinajstić information content (AvgIpc) is 2.17. The summed E-state index contributed by atoms with van der Waals surface area (Å²) in [4.78, 5) is 21.7. The molecule has 0 atom stereocenters. The molecule has 1 fully saturated rings. The van der Waals surface area contributed by atoms with E-state index in [2.05, 4.69) is 17.8 Å². The highest BCUT2D eigenvalue weighted by atomic mass is 16.4. The van der Waals surface area contributed by atoms with Crippen LogP contribution >= 0.6 is 0 Å². The number of rotatable bonds is 3. The lowest BCUT2D eigenvalue weighted by Crippen LogP contribution is -2.61. The largest absolute Gasteiger partial charge is 0.480 e. The first-order valence-corrected chi connectivity index (χ1v) is 5.02. The van der Waals surface area contributed by atoms with Crippen LogP contribution in [0, 0.1) is 5.92 Å². The summed E-state index contributed by atoms with van der Waals surface area (Å²) >= 11 is 0. The molecule has 2 amide bonds. The Hall–Kier alpha value is -1.30. The quantitative estimate of drug-likeness (QED) is 0.504. The van der Waals surface area contributed by atoms with Gasteiger partial charge in [0.15, 0.2) is 0 Å². The highest BCUT2D eigenvalue weighted by Gasteiger charge is 2.41. The van der Waals surface area contributed by atoms with Crippen molar-refractivity contribution in [2.24, 2.45) is 11.7 Å². The van der Waals surface area contributed by atoms with Crippen LogP contribution in [-0.2, 0) is 4.79 Å². The third-order valence-electron chi connectivity index (χ3n) is 2.96. The van der Waals surface area contributed by atoms with E-state index in [1.807, 2.05) is 0 Å². The van der Waals surface area contributed by atoms with Gasteiger partial charge in [-0.2, -0.15) is 0 Å². The van der Waals surface area contributed by atoms with Crippen LogP contribution in [0.2, 0.25) is 0 Å². The molecule has 6 nitrogen and oxygen atoms in total. The van der Waals surface area contributed by atoms with E-state index in [-0.39, 0.29) is 0 Å². The number of carbonyl (C=O) groups is 2. The van der Waals surface area contributed by atoms with Crippen molar-refractivity contribution in [2.45, 2.75) is 38.1 Å². The molecule has 0 unspecified atom stereocenters. The number of carbonyl (C=O) groups excluding carboxylic acids is 1. The highest BCUT2D eigenvalue weighted by molar-refractivity contribution is 5.80. The van der Waals surface area contributed by atoms with Crippen LogP contribution in [0.5, 0.6) is 0 Å². The number of urea groups is 1. The summed E-state index contributed by atoms with van der Waals surface area (Å²) in [5.74, 6) is -0.406. The van der Waals surface area contributed by atoms with Crippen LogP contribution in [-0.4, -0.2) is 22.6 Å². The van der Waals surface area contributed by atoms with Crippen molar-refractivity contribution in [3.05, 3.63) is 0 Å². The lowest BCUT2D eigenvalue weighted by atomic mass is 9.77. The predicted octanol–water partition coefficient (Wildman–Crippen LogP) is 0.193. The molecule has 86 valence electrons. The van der Waals surface area contributed by atoms with Crippen LogP contribution in [0.15, 0.2) is 0 Å². The Balaban J connectivity index is 2.63. The summed E-state index contributed by atoms with van der Waals surface area (Å²) in [7, 11) is 0. The standard InChI is InChI=1S/C9H17N3O3/c1-6-2-4-9(5-3-6,7(13)14)12-11-8(10)15/h6,12H,2-5H2,1H3,(H,13,14)(H3,10,11,15). The third kappa shape index (κ3) is 2.82. The van der Waals surface area contributed by atoms with E-state index in [4.69, 9.17) is 10.8 Å². The molecule has 0 spiro atoms. The minimum atomic E-state index is -1.05. The van der Waals surface area contributed by atoms with Crippen LogP contribution in [0.4, 0.5) is 4.79 Å². The second-order valence-electron chi connectivity index (χ2n) is 4.18. The van der Waals surface area contributed by atoms with Crippen LogP contribution in [0.1, 0.15) is 32.6 Å². The Kier molecular flexibility index (Phi) is 3.52. The molecule has 6 heteroatoms. The van der Waals surface area contributed by atoms with Crippen LogP contribution in [0.3, 0.4) is 0 Å². The summed E-state index contributed by atoms with van der Waals surface area (Å²) in [6.07, 6.45) is 2.67. The van der Waals surface area contributed by atoms with Gasteiger partial charge in [0.25, 0.3) is 0 Å². The maximum absolute atomic E-state index is 11.1. The second-order valence-corrected chi connectivity index (χ2v) is 4.18. The van der Waals surface area contributed by atoms with Gasteiger partial charge < -0.3 is 10.8 Å². The van der Waals surface area contributed by atoms with Gasteiger partial charge in [0.2, 0.25) is 0 Å². The van der Waals surface area contributed by atoms with Gasteiger partial charge in [-0.05, 0) is 31.6 Å². The van der Waals surface area contributed by atoms with E-state index < -0.39 is 17.5 Å². The summed E-state index contributed by atoms with van der Waals surface area (Å²) in [6, 6.07) is -0.769. The minimum absolute atomic E-state index is 0.504. The fourth-order valence-corrected chi connectivity index (χ4v) is 1.83. The lowest BCUT2D eigenvalue weighted by Gasteiger charge is -2.36. The maximum Gasteiger partial charge on any atom is 0.326 e. The van der Waals surface area contributed by atoms with Crippen molar-refractivity contribution >= 4 is 12.0 Å². The molecule has 0 heterocycles. The van der Waals surface area contributed by atoms with Crippen molar-refractivity contribution in [3.8, 4) is 0 Å². The molecule has 0 bridgehead atoms. The molecule has 1 rings (SSSR count). The smallest absolute Gasteiger partial charge is 0.326 e. The fraction of sp³-hybridized carbons (Fsp3) is 0.778. The Morgan fingerprint density at radius 1 is 1.40 bits per heavy atom. The lowest BCUT2D eigenvalue weighted by molar-refractivity contribution is -0.147. The molecule has 1 aliphatic rings. The summed E-state index contributed by atoms with van der Waals surface area (Å²) in [5.41, 5.74) is 8.53. The molecule has 0 aromatic carbocycles. The van der Waals surface area contributed by atoms with E-state index in [0.29, 0.717) is 18.8 Å². The zero-order chi connectivity index (χ0) is 11.5. The van der Waals surface area contributed by atoms with Crippen molar-refractivity contribution in [1.82, 2.24) is 10.9 Å². The Bertz CT molecular complexity index is 259. The van der Waals surface area contributed by atoms with Crippen molar-refractivity contribution in [2.75, 3.05) is 0 Å². The Morgan fingerprint density at radius 3 is 2.33 bits per heavy atom. The molecule has 0 aromatic rings. The third-order valence-corrected chi connectivity index (χ3v) is 2.96. The summed E-state index contributed by atoms with van der Waals surface area (Å²) in [5, 5.41) is 9.13. The minimum Gasteiger partial charge on any atom is -0.480 e. The van der Waals surface area contributed by atoms with Gasteiger partial charge in [0.05, 0.1) is 0 Å². The van der Waals surface area contributed by atoms with E-state index in [9.17, 15) is 9.59 Å². The van der Waals surface area contributed by atoms with Gasteiger partial charge in [-0.15, -0.1) is 0 Å². The number of amides is 2. The average molecular weight is 215 g/mol. The molecule has 0 radical (unpaired) electrons. The van der Waals surface area contributed by atoms with Gasteiger partial charge in [-0.25, -0.2) is 10.2 Å². The van der Waals surface area contributed by atoms with E-state index in [1.54, 1.807) is 0 Å². The number of primary amides is 1. The van der Waals surface area contributed by atoms with E-state index in [0.717, 1.165) is 12.8 Å². The Morgan fingerprint density at radius 2 is 1.93 bits per heavy atom. The molecule has 0 aromatic heterocycles. The predicted molar refractivity (Wildman–Crippen MR) is 53.9 cm³/mol. The number of hydrogen-bond donors (Lipinski definition) is 4. The molecule has 15 heavy (non-hydrogen) atoms. The zero-order valence-corrected chi connectivity index (χ0v) is 8.75.